The summed E-state index contributed by atoms with van der Waals surface area (Å²) in [4.78, 5) is 2.59. The monoisotopic (exact) mass is 226 g/mol. The van der Waals surface area contributed by atoms with Crippen molar-refractivity contribution in [3.05, 3.63) is 0 Å². The summed E-state index contributed by atoms with van der Waals surface area (Å²) in [5.41, 5.74) is -0.604. The molecule has 3 aliphatic rings. The smallest absolute Gasteiger partial charge is 0.102 e. The molecule has 0 aromatic carbocycles. The summed E-state index contributed by atoms with van der Waals surface area (Å²) in [6, 6.07) is 1.45. The summed E-state index contributed by atoms with van der Waals surface area (Å²) in [5.74, 6) is 0. The number of rotatable bonds is 4. The predicted molar refractivity (Wildman–Crippen MR) is 61.4 cm³/mol. The van der Waals surface area contributed by atoms with E-state index in [4.69, 9.17) is 4.74 Å². The van der Waals surface area contributed by atoms with Crippen molar-refractivity contribution in [2.75, 3.05) is 32.8 Å². The van der Waals surface area contributed by atoms with Crippen LogP contribution in [0, 0.1) is 0 Å². The van der Waals surface area contributed by atoms with Gasteiger partial charge in [-0.05, 0) is 19.3 Å². The number of hydrogen-bond donors (Lipinski definition) is 2. The highest BCUT2D eigenvalue weighted by molar-refractivity contribution is 4.93. The van der Waals surface area contributed by atoms with Crippen LogP contribution >= 0.6 is 0 Å². The molecule has 2 heterocycles. The number of likely N-dealkylation sites (tertiary alicyclic amines) is 1. The summed E-state index contributed by atoms with van der Waals surface area (Å²) < 4.78 is 5.24. The quantitative estimate of drug-likeness (QED) is 0.706. The van der Waals surface area contributed by atoms with Gasteiger partial charge in [-0.25, -0.2) is 0 Å². The van der Waals surface area contributed by atoms with Crippen LogP contribution in [0.15, 0.2) is 0 Å². The van der Waals surface area contributed by atoms with Crippen molar-refractivity contribution in [2.24, 2.45) is 0 Å². The number of hydrogen-bond acceptors (Lipinski definition) is 4. The van der Waals surface area contributed by atoms with Gasteiger partial charge in [-0.2, -0.15) is 0 Å². The Balaban J connectivity index is 1.42. The minimum absolute atomic E-state index is 0.499. The molecule has 1 saturated carbocycles. The summed E-state index contributed by atoms with van der Waals surface area (Å²) in [5, 5.41) is 13.6. The van der Waals surface area contributed by atoms with E-state index in [-0.39, 0.29) is 0 Å². The Bertz CT molecular complexity index is 249. The maximum atomic E-state index is 10.1. The lowest BCUT2D eigenvalue weighted by atomic mass is 10.0. The van der Waals surface area contributed by atoms with E-state index in [1.165, 1.54) is 32.4 Å². The maximum Gasteiger partial charge on any atom is 0.102 e. The Hall–Kier alpha value is -0.160. The van der Waals surface area contributed by atoms with Crippen LogP contribution in [-0.2, 0) is 4.74 Å². The van der Waals surface area contributed by atoms with Crippen LogP contribution in [0.5, 0.6) is 0 Å². The zero-order valence-corrected chi connectivity index (χ0v) is 9.82. The van der Waals surface area contributed by atoms with Gasteiger partial charge in [-0.3, -0.25) is 4.90 Å². The van der Waals surface area contributed by atoms with E-state index in [2.05, 4.69) is 10.2 Å². The molecule has 3 fully saturated rings. The predicted octanol–water partition coefficient (Wildman–Crippen LogP) is -0.0359. The van der Waals surface area contributed by atoms with Gasteiger partial charge in [0.15, 0.2) is 0 Å². The lowest BCUT2D eigenvalue weighted by Crippen LogP contribution is -2.45. The normalized spacial score (nSPS) is 40.7. The van der Waals surface area contributed by atoms with Crippen LogP contribution in [0.4, 0.5) is 0 Å². The number of nitrogens with one attached hydrogen (secondary N) is 1. The highest BCUT2D eigenvalue weighted by atomic mass is 16.5. The van der Waals surface area contributed by atoms with E-state index in [0.29, 0.717) is 25.8 Å². The fourth-order valence-corrected chi connectivity index (χ4v) is 2.80. The highest BCUT2D eigenvalue weighted by Gasteiger charge is 2.36. The average Bonchev–Trinajstić information content (AvgIpc) is 2.87. The van der Waals surface area contributed by atoms with E-state index >= 15 is 0 Å². The van der Waals surface area contributed by atoms with Crippen LogP contribution in [0.1, 0.15) is 25.7 Å². The maximum absolute atomic E-state index is 10.1. The van der Waals surface area contributed by atoms with Crippen molar-refractivity contribution >= 4 is 0 Å². The molecular formula is C12H22N2O2. The summed E-state index contributed by atoms with van der Waals surface area (Å²) in [7, 11) is 0. The Labute approximate surface area is 97.0 Å². The Morgan fingerprint density at radius 1 is 1.38 bits per heavy atom. The molecule has 4 heteroatoms. The number of nitrogens with zero attached hydrogens (tertiary/aromatic N) is 1. The van der Waals surface area contributed by atoms with Crippen molar-refractivity contribution in [1.82, 2.24) is 10.2 Å². The topological polar surface area (TPSA) is 44.7 Å². The second-order valence-electron chi connectivity index (χ2n) is 5.62. The summed E-state index contributed by atoms with van der Waals surface area (Å²) in [6.07, 6.45) is 4.79. The molecule has 1 aliphatic carbocycles. The zero-order chi connectivity index (χ0) is 11.0. The van der Waals surface area contributed by atoms with Gasteiger partial charge in [0.05, 0.1) is 6.61 Å². The summed E-state index contributed by atoms with van der Waals surface area (Å²) >= 11 is 0. The molecule has 0 bridgehead atoms. The van der Waals surface area contributed by atoms with Gasteiger partial charge in [0, 0.05) is 44.7 Å². The van der Waals surface area contributed by atoms with Crippen LogP contribution in [0.2, 0.25) is 0 Å². The molecule has 0 aromatic rings. The van der Waals surface area contributed by atoms with E-state index in [1.807, 2.05) is 0 Å². The molecule has 2 unspecified atom stereocenters. The Morgan fingerprint density at radius 3 is 2.94 bits per heavy atom. The van der Waals surface area contributed by atoms with Gasteiger partial charge in [-0.15, -0.1) is 0 Å². The fourth-order valence-electron chi connectivity index (χ4n) is 2.80. The molecule has 0 radical (unpaired) electrons. The van der Waals surface area contributed by atoms with Crippen molar-refractivity contribution < 1.29 is 9.84 Å². The van der Waals surface area contributed by atoms with E-state index in [0.717, 1.165) is 12.5 Å². The second-order valence-corrected chi connectivity index (χ2v) is 5.62. The third-order valence-electron chi connectivity index (χ3n) is 4.09. The van der Waals surface area contributed by atoms with E-state index in [1.54, 1.807) is 0 Å². The molecule has 0 amide bonds. The standard InChI is InChI=1S/C12H22N2O2/c15-12(4-6-16-9-12)8-13-10-3-5-14(7-10)11-1-2-11/h10-11,13,15H,1-9H2. The largest absolute Gasteiger partial charge is 0.386 e. The van der Waals surface area contributed by atoms with Crippen LogP contribution in [0.25, 0.3) is 0 Å². The lowest BCUT2D eigenvalue weighted by Gasteiger charge is -2.23. The van der Waals surface area contributed by atoms with Crippen molar-refractivity contribution in [2.45, 2.75) is 43.4 Å². The summed E-state index contributed by atoms with van der Waals surface area (Å²) in [6.45, 7) is 4.30. The highest BCUT2D eigenvalue weighted by Crippen LogP contribution is 2.30. The first-order valence-electron chi connectivity index (χ1n) is 6.53. The minimum Gasteiger partial charge on any atom is -0.386 e. The van der Waals surface area contributed by atoms with E-state index < -0.39 is 5.60 Å². The molecule has 4 nitrogen and oxygen atoms in total. The molecule has 3 rings (SSSR count). The molecule has 16 heavy (non-hydrogen) atoms. The van der Waals surface area contributed by atoms with Gasteiger partial charge in [0.1, 0.15) is 5.60 Å². The molecular weight excluding hydrogens is 204 g/mol. The number of aliphatic hydroxyl groups is 1. The molecule has 2 N–H and O–H groups in total. The average molecular weight is 226 g/mol. The van der Waals surface area contributed by atoms with Crippen molar-refractivity contribution in [3.63, 3.8) is 0 Å². The zero-order valence-electron chi connectivity index (χ0n) is 9.82. The number of ether oxygens (including phenoxy) is 1. The fraction of sp³-hybridized carbons (Fsp3) is 1.00. The third kappa shape index (κ3) is 2.40. The van der Waals surface area contributed by atoms with Gasteiger partial charge in [0.25, 0.3) is 0 Å². The second kappa shape index (κ2) is 4.26. The van der Waals surface area contributed by atoms with Crippen LogP contribution < -0.4 is 5.32 Å². The molecule has 0 spiro atoms. The van der Waals surface area contributed by atoms with Gasteiger partial charge >= 0.3 is 0 Å². The first kappa shape index (κ1) is 11.0. The van der Waals surface area contributed by atoms with Crippen molar-refractivity contribution in [1.29, 1.82) is 0 Å². The Morgan fingerprint density at radius 2 is 2.25 bits per heavy atom. The lowest BCUT2D eigenvalue weighted by molar-refractivity contribution is 0.0250. The molecule has 2 saturated heterocycles. The molecule has 2 atom stereocenters. The van der Waals surface area contributed by atoms with Crippen LogP contribution in [0.3, 0.4) is 0 Å². The van der Waals surface area contributed by atoms with Gasteiger partial charge < -0.3 is 15.2 Å². The third-order valence-corrected chi connectivity index (χ3v) is 4.09. The molecule has 2 aliphatic heterocycles. The SMILES string of the molecule is OC1(CNC2CCN(C3CC3)C2)CCOC1. The van der Waals surface area contributed by atoms with Crippen molar-refractivity contribution in [3.8, 4) is 0 Å². The Kier molecular flexibility index (Phi) is 2.92. The molecule has 0 aromatic heterocycles. The minimum atomic E-state index is -0.604. The molecule has 92 valence electrons. The first-order chi connectivity index (χ1) is 7.75. The first-order valence-corrected chi connectivity index (χ1v) is 6.53. The van der Waals surface area contributed by atoms with Gasteiger partial charge in [-0.1, -0.05) is 0 Å². The van der Waals surface area contributed by atoms with Crippen LogP contribution in [-0.4, -0.2) is 60.5 Å². The van der Waals surface area contributed by atoms with E-state index in [9.17, 15) is 5.11 Å². The van der Waals surface area contributed by atoms with Gasteiger partial charge in [0.2, 0.25) is 0 Å².